The minimum atomic E-state index is -4.51. The number of nitro benzene ring substituents is 1. The van der Waals surface area contributed by atoms with Crippen LogP contribution in [0.5, 0.6) is 5.75 Å². The Labute approximate surface area is 186 Å². The summed E-state index contributed by atoms with van der Waals surface area (Å²) in [6.45, 7) is -1.88. The van der Waals surface area contributed by atoms with Crippen molar-refractivity contribution in [1.29, 1.82) is 0 Å². The van der Waals surface area contributed by atoms with Crippen molar-refractivity contribution in [3.8, 4) is 17.1 Å². The molecule has 0 saturated heterocycles. The average Bonchev–Trinajstić information content (AvgIpc) is 3.01. The molecule has 0 unspecified atom stereocenters. The maximum atomic E-state index is 13.2. The first-order valence-electron chi connectivity index (χ1n) is 9.38. The standard InChI is InChI=1S/C20H20F3N5O3S/c1-25-18(14-7-9-16(31-2)10-8-14)24-27(19(25)32)13-26(12-20(21,22)23)11-15-5-3-4-6-17(15)28(29)30/h3-10H,11-13H2,1-2H3. The topological polar surface area (TPSA) is 78.4 Å². The van der Waals surface area contributed by atoms with Gasteiger partial charge in [0.15, 0.2) is 10.6 Å². The first-order chi connectivity index (χ1) is 15.1. The lowest BCUT2D eigenvalue weighted by Gasteiger charge is -2.23. The van der Waals surface area contributed by atoms with Crippen molar-refractivity contribution in [2.24, 2.45) is 7.05 Å². The number of hydrogen-bond acceptors (Lipinski definition) is 6. The zero-order valence-corrected chi connectivity index (χ0v) is 18.1. The second kappa shape index (κ2) is 9.49. The molecule has 0 radical (unpaired) electrons. The molecular formula is C20H20F3N5O3S. The van der Waals surface area contributed by atoms with E-state index >= 15 is 0 Å². The van der Waals surface area contributed by atoms with Crippen LogP contribution in [0.2, 0.25) is 0 Å². The first kappa shape index (κ1) is 23.4. The van der Waals surface area contributed by atoms with Gasteiger partial charge in [0.2, 0.25) is 0 Å². The number of halogens is 3. The van der Waals surface area contributed by atoms with Gasteiger partial charge in [-0.25, -0.2) is 4.68 Å². The molecule has 170 valence electrons. The molecule has 8 nitrogen and oxygen atoms in total. The van der Waals surface area contributed by atoms with Gasteiger partial charge in [0.25, 0.3) is 5.69 Å². The molecule has 0 bridgehead atoms. The molecule has 1 aromatic heterocycles. The van der Waals surface area contributed by atoms with E-state index in [-0.39, 0.29) is 29.2 Å². The van der Waals surface area contributed by atoms with Crippen molar-refractivity contribution in [2.45, 2.75) is 19.4 Å². The monoisotopic (exact) mass is 467 g/mol. The molecule has 0 aliphatic rings. The molecule has 3 rings (SSSR count). The number of benzene rings is 2. The third kappa shape index (κ3) is 5.51. The van der Waals surface area contributed by atoms with E-state index in [9.17, 15) is 23.3 Å². The molecule has 0 N–H and O–H groups in total. The van der Waals surface area contributed by atoms with Gasteiger partial charge in [-0.15, -0.1) is 0 Å². The molecule has 3 aromatic rings. The number of methoxy groups -OCH3 is 1. The number of hydrogen-bond donors (Lipinski definition) is 0. The fraction of sp³-hybridized carbons (Fsp3) is 0.300. The summed E-state index contributed by atoms with van der Waals surface area (Å²) in [6, 6.07) is 12.7. The number of rotatable bonds is 8. The summed E-state index contributed by atoms with van der Waals surface area (Å²) in [5.41, 5.74) is 0.627. The third-order valence-corrected chi connectivity index (χ3v) is 5.19. The minimum Gasteiger partial charge on any atom is -0.497 e. The van der Waals surface area contributed by atoms with Crippen LogP contribution in [-0.4, -0.2) is 44.0 Å². The number of aromatic nitrogens is 3. The SMILES string of the molecule is COc1ccc(-c2nn(CN(Cc3ccccc3[N+](=O)[O-])CC(F)(F)F)c(=S)n2C)cc1. The van der Waals surface area contributed by atoms with Crippen LogP contribution >= 0.6 is 12.2 Å². The Morgan fingerprint density at radius 1 is 1.19 bits per heavy atom. The fourth-order valence-corrected chi connectivity index (χ4v) is 3.42. The maximum absolute atomic E-state index is 13.2. The van der Waals surface area contributed by atoms with Crippen LogP contribution in [0.1, 0.15) is 5.56 Å². The summed E-state index contributed by atoms with van der Waals surface area (Å²) in [7, 11) is 3.21. The van der Waals surface area contributed by atoms with Gasteiger partial charge in [0, 0.05) is 30.8 Å². The zero-order valence-electron chi connectivity index (χ0n) is 17.2. The van der Waals surface area contributed by atoms with Gasteiger partial charge in [-0.05, 0) is 36.5 Å². The lowest BCUT2D eigenvalue weighted by atomic mass is 10.1. The molecule has 0 aliphatic carbocycles. The van der Waals surface area contributed by atoms with Crippen molar-refractivity contribution in [3.63, 3.8) is 0 Å². The van der Waals surface area contributed by atoms with E-state index in [1.54, 1.807) is 41.9 Å². The van der Waals surface area contributed by atoms with E-state index in [2.05, 4.69) is 5.10 Å². The van der Waals surface area contributed by atoms with Crippen molar-refractivity contribution in [3.05, 3.63) is 69.0 Å². The fourth-order valence-electron chi connectivity index (χ4n) is 3.23. The van der Waals surface area contributed by atoms with E-state index in [4.69, 9.17) is 17.0 Å². The van der Waals surface area contributed by atoms with Crippen molar-refractivity contribution in [2.75, 3.05) is 13.7 Å². The van der Waals surface area contributed by atoms with Crippen LogP contribution in [0.4, 0.5) is 18.9 Å². The molecule has 0 amide bonds. The van der Waals surface area contributed by atoms with Gasteiger partial charge in [-0.3, -0.25) is 15.0 Å². The summed E-state index contributed by atoms with van der Waals surface area (Å²) in [5.74, 6) is 1.12. The van der Waals surface area contributed by atoms with Crippen LogP contribution in [0.3, 0.4) is 0 Å². The van der Waals surface area contributed by atoms with Gasteiger partial charge >= 0.3 is 6.18 Å². The highest BCUT2D eigenvalue weighted by molar-refractivity contribution is 7.71. The summed E-state index contributed by atoms with van der Waals surface area (Å²) >= 11 is 5.38. The molecule has 0 fully saturated rings. The van der Waals surface area contributed by atoms with Crippen LogP contribution in [0.25, 0.3) is 11.4 Å². The van der Waals surface area contributed by atoms with Crippen molar-refractivity contribution < 1.29 is 22.8 Å². The number of alkyl halides is 3. The molecule has 2 aromatic carbocycles. The Balaban J connectivity index is 1.93. The number of nitro groups is 1. The third-order valence-electron chi connectivity index (χ3n) is 4.71. The highest BCUT2D eigenvalue weighted by Crippen LogP contribution is 2.25. The Kier molecular flexibility index (Phi) is 6.94. The summed E-state index contributed by atoms with van der Waals surface area (Å²) in [4.78, 5) is 11.7. The minimum absolute atomic E-state index is 0.166. The predicted molar refractivity (Wildman–Crippen MR) is 114 cm³/mol. The van der Waals surface area contributed by atoms with Crippen LogP contribution in [-0.2, 0) is 20.3 Å². The average molecular weight is 467 g/mol. The normalized spacial score (nSPS) is 11.7. The Hall–Kier alpha value is -3.25. The van der Waals surface area contributed by atoms with Gasteiger partial charge in [0.05, 0.1) is 25.2 Å². The molecule has 0 atom stereocenters. The second-order valence-electron chi connectivity index (χ2n) is 7.02. The Morgan fingerprint density at radius 3 is 2.44 bits per heavy atom. The van der Waals surface area contributed by atoms with Gasteiger partial charge < -0.3 is 9.30 Å². The van der Waals surface area contributed by atoms with Gasteiger partial charge in [0.1, 0.15) is 5.75 Å². The number of para-hydroxylation sites is 1. The highest BCUT2D eigenvalue weighted by Gasteiger charge is 2.32. The van der Waals surface area contributed by atoms with E-state index in [1.807, 2.05) is 0 Å². The Bertz CT molecular complexity index is 1160. The quantitative estimate of drug-likeness (QED) is 0.275. The Morgan fingerprint density at radius 2 is 1.84 bits per heavy atom. The maximum Gasteiger partial charge on any atom is 0.401 e. The second-order valence-corrected chi connectivity index (χ2v) is 7.39. The predicted octanol–water partition coefficient (Wildman–Crippen LogP) is 4.56. The van der Waals surface area contributed by atoms with Crippen LogP contribution < -0.4 is 4.74 Å². The molecule has 0 saturated carbocycles. The van der Waals surface area contributed by atoms with Gasteiger partial charge in [-0.2, -0.15) is 18.3 Å². The van der Waals surface area contributed by atoms with Crippen LogP contribution in [0.15, 0.2) is 48.5 Å². The summed E-state index contributed by atoms with van der Waals surface area (Å²) < 4.78 is 47.9. The lowest BCUT2D eigenvalue weighted by Crippen LogP contribution is -2.35. The van der Waals surface area contributed by atoms with E-state index in [0.29, 0.717) is 17.1 Å². The first-order valence-corrected chi connectivity index (χ1v) is 9.79. The molecule has 0 spiro atoms. The van der Waals surface area contributed by atoms with Crippen LogP contribution in [0, 0.1) is 14.9 Å². The summed E-state index contributed by atoms with van der Waals surface area (Å²) in [6.07, 6.45) is -4.51. The summed E-state index contributed by atoms with van der Waals surface area (Å²) in [5, 5.41) is 15.7. The molecular weight excluding hydrogens is 447 g/mol. The van der Waals surface area contributed by atoms with Crippen molar-refractivity contribution in [1.82, 2.24) is 19.2 Å². The molecule has 12 heteroatoms. The molecule has 0 aliphatic heterocycles. The number of ether oxygens (including phenoxy) is 1. The van der Waals surface area contributed by atoms with Crippen molar-refractivity contribution >= 4 is 17.9 Å². The highest BCUT2D eigenvalue weighted by atomic mass is 32.1. The van der Waals surface area contributed by atoms with E-state index in [1.165, 1.54) is 30.0 Å². The van der Waals surface area contributed by atoms with E-state index in [0.717, 1.165) is 4.90 Å². The molecule has 1 heterocycles. The molecule has 32 heavy (non-hydrogen) atoms. The smallest absolute Gasteiger partial charge is 0.401 e. The van der Waals surface area contributed by atoms with E-state index < -0.39 is 17.6 Å². The zero-order chi connectivity index (χ0) is 23.5. The largest absolute Gasteiger partial charge is 0.497 e. The van der Waals surface area contributed by atoms with Gasteiger partial charge in [-0.1, -0.05) is 18.2 Å². The lowest BCUT2D eigenvalue weighted by molar-refractivity contribution is -0.385. The number of nitrogens with zero attached hydrogens (tertiary/aromatic N) is 5.